The van der Waals surface area contributed by atoms with Crippen LogP contribution in [0.1, 0.15) is 34.1 Å². The van der Waals surface area contributed by atoms with Gasteiger partial charge in [0.2, 0.25) is 0 Å². The lowest BCUT2D eigenvalue weighted by atomic mass is 9.88. The molecule has 4 heteroatoms. The van der Waals surface area contributed by atoms with Gasteiger partial charge in [-0.1, -0.05) is 20.8 Å². The quantitative estimate of drug-likeness (QED) is 0.783. The van der Waals surface area contributed by atoms with Crippen molar-refractivity contribution in [3.8, 4) is 0 Å². The summed E-state index contributed by atoms with van der Waals surface area (Å²) in [7, 11) is 2.13. The van der Waals surface area contributed by atoms with E-state index in [2.05, 4.69) is 31.1 Å². The van der Waals surface area contributed by atoms with Crippen molar-refractivity contribution in [3.63, 3.8) is 0 Å². The predicted molar refractivity (Wildman–Crippen MR) is 69.1 cm³/mol. The summed E-state index contributed by atoms with van der Waals surface area (Å²) in [6.07, 6.45) is 1.02. The van der Waals surface area contributed by atoms with Gasteiger partial charge >= 0.3 is 5.97 Å². The Balaban J connectivity index is 2.63. The van der Waals surface area contributed by atoms with Crippen LogP contribution >= 0.6 is 0 Å². The van der Waals surface area contributed by atoms with E-state index >= 15 is 0 Å². The lowest BCUT2D eigenvalue weighted by molar-refractivity contribution is -0.141. The molecule has 17 heavy (non-hydrogen) atoms. The monoisotopic (exact) mass is 242 g/mol. The van der Waals surface area contributed by atoms with Crippen molar-refractivity contribution in [2.75, 3.05) is 13.6 Å². The molecule has 100 valence electrons. The van der Waals surface area contributed by atoms with Crippen LogP contribution in [0.5, 0.6) is 0 Å². The summed E-state index contributed by atoms with van der Waals surface area (Å²) in [6.45, 7) is 9.33. The number of rotatable bonds is 4. The third kappa shape index (κ3) is 3.68. The number of carboxylic acids is 1. The number of likely N-dealkylation sites (tertiary alicyclic amines) is 1. The van der Waals surface area contributed by atoms with E-state index in [0.29, 0.717) is 18.0 Å². The summed E-state index contributed by atoms with van der Waals surface area (Å²) in [5.41, 5.74) is 0. The molecular formula is C13H26N2O2. The standard InChI is InChI=1S/C13H26N2O2/c1-8(2)12(13(16)17)14-11-6-10(4)15(5)7-9(11)3/h8-12,14H,6-7H2,1-5H3,(H,16,17). The summed E-state index contributed by atoms with van der Waals surface area (Å²) in [5.74, 6) is -0.120. The van der Waals surface area contributed by atoms with Gasteiger partial charge in [0, 0.05) is 18.6 Å². The fourth-order valence-electron chi connectivity index (χ4n) is 2.55. The van der Waals surface area contributed by atoms with Crippen LogP contribution < -0.4 is 5.32 Å². The maximum Gasteiger partial charge on any atom is 0.320 e. The molecule has 0 bridgehead atoms. The van der Waals surface area contributed by atoms with Crippen LogP contribution in [0.4, 0.5) is 0 Å². The normalized spacial score (nSPS) is 32.7. The minimum absolute atomic E-state index is 0.120. The Hall–Kier alpha value is -0.610. The van der Waals surface area contributed by atoms with Crippen molar-refractivity contribution in [3.05, 3.63) is 0 Å². The van der Waals surface area contributed by atoms with E-state index in [-0.39, 0.29) is 5.92 Å². The molecule has 0 spiro atoms. The Bertz CT molecular complexity index is 268. The second-order valence-corrected chi connectivity index (χ2v) is 5.83. The molecule has 1 fully saturated rings. The molecule has 1 saturated heterocycles. The van der Waals surface area contributed by atoms with Crippen LogP contribution in [0.25, 0.3) is 0 Å². The van der Waals surface area contributed by atoms with Crippen LogP contribution in [0, 0.1) is 11.8 Å². The maximum absolute atomic E-state index is 11.2. The van der Waals surface area contributed by atoms with E-state index in [1.807, 2.05) is 13.8 Å². The first-order valence-corrected chi connectivity index (χ1v) is 6.52. The molecule has 0 radical (unpaired) electrons. The predicted octanol–water partition coefficient (Wildman–Crippen LogP) is 1.41. The van der Waals surface area contributed by atoms with Crippen LogP contribution in [-0.4, -0.2) is 47.7 Å². The average Bonchev–Trinajstić information content (AvgIpc) is 2.20. The molecular weight excluding hydrogens is 216 g/mol. The molecule has 2 N–H and O–H groups in total. The van der Waals surface area contributed by atoms with Gasteiger partial charge in [-0.15, -0.1) is 0 Å². The number of nitrogens with one attached hydrogen (secondary N) is 1. The molecule has 0 aromatic heterocycles. The molecule has 1 aliphatic rings. The minimum atomic E-state index is -0.737. The first-order valence-electron chi connectivity index (χ1n) is 6.52. The van der Waals surface area contributed by atoms with Crippen LogP contribution in [0.2, 0.25) is 0 Å². The van der Waals surface area contributed by atoms with Gasteiger partial charge in [-0.25, -0.2) is 0 Å². The van der Waals surface area contributed by atoms with Crippen molar-refractivity contribution < 1.29 is 9.90 Å². The molecule has 4 atom stereocenters. The maximum atomic E-state index is 11.2. The van der Waals surface area contributed by atoms with Crippen LogP contribution in [0.15, 0.2) is 0 Å². The summed E-state index contributed by atoms with van der Waals surface area (Å²) >= 11 is 0. The highest BCUT2D eigenvalue weighted by Crippen LogP contribution is 2.22. The number of hydrogen-bond donors (Lipinski definition) is 2. The fourth-order valence-corrected chi connectivity index (χ4v) is 2.55. The van der Waals surface area contributed by atoms with E-state index in [4.69, 9.17) is 0 Å². The highest BCUT2D eigenvalue weighted by molar-refractivity contribution is 5.73. The van der Waals surface area contributed by atoms with Gasteiger partial charge in [0.1, 0.15) is 6.04 Å². The zero-order valence-corrected chi connectivity index (χ0v) is 11.6. The lowest BCUT2D eigenvalue weighted by Gasteiger charge is -2.41. The topological polar surface area (TPSA) is 52.6 Å². The molecule has 1 heterocycles. The highest BCUT2D eigenvalue weighted by Gasteiger charge is 2.32. The molecule has 4 nitrogen and oxygen atoms in total. The molecule has 0 aromatic carbocycles. The molecule has 0 amide bonds. The van der Waals surface area contributed by atoms with E-state index in [1.165, 1.54) is 0 Å². The second-order valence-electron chi connectivity index (χ2n) is 5.83. The van der Waals surface area contributed by atoms with Crippen molar-refractivity contribution in [2.24, 2.45) is 11.8 Å². The Morgan fingerprint density at radius 1 is 1.41 bits per heavy atom. The lowest BCUT2D eigenvalue weighted by Crippen LogP contribution is -2.56. The van der Waals surface area contributed by atoms with Crippen molar-refractivity contribution in [1.82, 2.24) is 10.2 Å². The number of carboxylic acid groups (broad SMARTS) is 1. The van der Waals surface area contributed by atoms with Crippen LogP contribution in [0.3, 0.4) is 0 Å². The minimum Gasteiger partial charge on any atom is -0.480 e. The molecule has 0 saturated carbocycles. The summed E-state index contributed by atoms with van der Waals surface area (Å²) in [4.78, 5) is 13.5. The number of hydrogen-bond acceptors (Lipinski definition) is 3. The zero-order valence-electron chi connectivity index (χ0n) is 11.6. The van der Waals surface area contributed by atoms with Gasteiger partial charge in [0.15, 0.2) is 0 Å². The number of piperidine rings is 1. The van der Waals surface area contributed by atoms with Gasteiger partial charge < -0.3 is 15.3 Å². The average molecular weight is 242 g/mol. The number of nitrogens with zero attached hydrogens (tertiary/aromatic N) is 1. The van der Waals surface area contributed by atoms with Gasteiger partial charge in [0.25, 0.3) is 0 Å². The zero-order chi connectivity index (χ0) is 13.2. The Morgan fingerprint density at radius 3 is 2.47 bits per heavy atom. The van der Waals surface area contributed by atoms with E-state index in [1.54, 1.807) is 0 Å². The molecule has 0 aromatic rings. The fraction of sp³-hybridized carbons (Fsp3) is 0.923. The van der Waals surface area contributed by atoms with Gasteiger partial charge in [-0.3, -0.25) is 4.79 Å². The van der Waals surface area contributed by atoms with Crippen molar-refractivity contribution >= 4 is 5.97 Å². The summed E-state index contributed by atoms with van der Waals surface area (Å²) in [5, 5.41) is 12.5. The first-order chi connectivity index (χ1) is 7.82. The first kappa shape index (κ1) is 14.5. The number of aliphatic carboxylic acids is 1. The van der Waals surface area contributed by atoms with E-state index < -0.39 is 12.0 Å². The van der Waals surface area contributed by atoms with E-state index in [0.717, 1.165) is 13.0 Å². The van der Waals surface area contributed by atoms with Gasteiger partial charge in [-0.2, -0.15) is 0 Å². The smallest absolute Gasteiger partial charge is 0.320 e. The van der Waals surface area contributed by atoms with Crippen molar-refractivity contribution in [1.29, 1.82) is 0 Å². The Labute approximate surface area is 104 Å². The summed E-state index contributed by atoms with van der Waals surface area (Å²) in [6, 6.07) is 0.396. The molecule has 4 unspecified atom stereocenters. The third-order valence-corrected chi connectivity index (χ3v) is 3.94. The summed E-state index contributed by atoms with van der Waals surface area (Å²) < 4.78 is 0. The Morgan fingerprint density at radius 2 is 2.00 bits per heavy atom. The van der Waals surface area contributed by atoms with Crippen LogP contribution in [-0.2, 0) is 4.79 Å². The SMILES string of the molecule is CC(C)C(NC1CC(C)N(C)CC1C)C(=O)O. The third-order valence-electron chi connectivity index (χ3n) is 3.94. The highest BCUT2D eigenvalue weighted by atomic mass is 16.4. The van der Waals surface area contributed by atoms with E-state index in [9.17, 15) is 9.90 Å². The largest absolute Gasteiger partial charge is 0.480 e. The second kappa shape index (κ2) is 5.83. The van der Waals surface area contributed by atoms with Gasteiger partial charge in [-0.05, 0) is 32.2 Å². The van der Waals surface area contributed by atoms with Crippen molar-refractivity contribution in [2.45, 2.75) is 52.2 Å². The number of carbonyl (C=O) groups is 1. The van der Waals surface area contributed by atoms with Gasteiger partial charge in [0.05, 0.1) is 0 Å². The molecule has 1 rings (SSSR count). The molecule has 0 aliphatic carbocycles. The Kier molecular flexibility index (Phi) is 4.95. The molecule has 1 aliphatic heterocycles.